The number of rotatable bonds is 6. The molecule has 3 rings (SSSR count). The zero-order valence-electron chi connectivity index (χ0n) is 14.5. The van der Waals surface area contributed by atoms with Gasteiger partial charge in [-0.15, -0.1) is 0 Å². The van der Waals surface area contributed by atoms with Crippen LogP contribution in [0.3, 0.4) is 0 Å². The second-order valence-electron chi connectivity index (χ2n) is 5.07. The summed E-state index contributed by atoms with van der Waals surface area (Å²) in [5.41, 5.74) is 1.34. The van der Waals surface area contributed by atoms with Crippen LogP contribution in [0.25, 0.3) is 11.5 Å². The van der Waals surface area contributed by atoms with E-state index in [0.717, 1.165) is 0 Å². The van der Waals surface area contributed by atoms with Crippen molar-refractivity contribution < 1.29 is 14.2 Å². The minimum Gasteiger partial charge on any atom is -0.496 e. The Morgan fingerprint density at radius 2 is 1.81 bits per heavy atom. The molecule has 0 aliphatic rings. The third kappa shape index (κ3) is 3.42. The van der Waals surface area contributed by atoms with Crippen molar-refractivity contribution in [2.45, 2.75) is 0 Å². The fourth-order valence-electron chi connectivity index (χ4n) is 2.33. The van der Waals surface area contributed by atoms with Crippen LogP contribution in [0.5, 0.6) is 17.2 Å². The van der Waals surface area contributed by atoms with Gasteiger partial charge in [0.25, 0.3) is 0 Å². The van der Waals surface area contributed by atoms with E-state index in [2.05, 4.69) is 20.3 Å². The number of hydrogen-bond donors (Lipinski definition) is 1. The normalized spacial score (nSPS) is 10.9. The summed E-state index contributed by atoms with van der Waals surface area (Å²) in [6.07, 6.45) is 3.29. The summed E-state index contributed by atoms with van der Waals surface area (Å²) < 4.78 is 17.9. The molecule has 8 nitrogen and oxygen atoms in total. The highest BCUT2D eigenvalue weighted by molar-refractivity contribution is 7.71. The van der Waals surface area contributed by atoms with Crippen LogP contribution in [0, 0.1) is 4.77 Å². The zero-order valence-corrected chi connectivity index (χ0v) is 15.3. The lowest BCUT2D eigenvalue weighted by Gasteiger charge is -2.11. The quantitative estimate of drug-likeness (QED) is 0.530. The number of methoxy groups -OCH3 is 3. The molecule has 1 aromatic carbocycles. The maximum Gasteiger partial charge on any atom is 0.216 e. The van der Waals surface area contributed by atoms with Crippen LogP contribution >= 0.6 is 12.2 Å². The summed E-state index contributed by atoms with van der Waals surface area (Å²) in [4.78, 5) is 4.28. The van der Waals surface area contributed by atoms with Gasteiger partial charge in [-0.05, 0) is 30.4 Å². The molecule has 0 fully saturated rings. The standard InChI is InChI=1S/C17H17N5O3S/c1-23-13-9-15(25-3)14(24-2)8-11(13)10-19-22-16(20-21-17(22)26)12-6-4-5-7-18-12/h4-10H,1-3H3,(H,21,26). The van der Waals surface area contributed by atoms with E-state index in [1.54, 1.807) is 45.9 Å². The van der Waals surface area contributed by atoms with Crippen molar-refractivity contribution in [2.75, 3.05) is 21.3 Å². The van der Waals surface area contributed by atoms with E-state index in [4.69, 9.17) is 26.4 Å². The molecule has 3 aromatic rings. The SMILES string of the molecule is COc1cc(OC)c(OC)cc1C=Nn1c(-c2ccccn2)n[nH]c1=S. The maximum absolute atomic E-state index is 5.40. The van der Waals surface area contributed by atoms with E-state index in [9.17, 15) is 0 Å². The Morgan fingerprint density at radius 3 is 2.46 bits per heavy atom. The van der Waals surface area contributed by atoms with Gasteiger partial charge in [-0.3, -0.25) is 4.98 Å². The first-order valence-corrected chi connectivity index (χ1v) is 8.02. The number of ether oxygens (including phenoxy) is 3. The molecule has 0 radical (unpaired) electrons. The van der Waals surface area contributed by atoms with E-state index in [1.165, 1.54) is 4.68 Å². The number of nitrogens with zero attached hydrogens (tertiary/aromatic N) is 4. The van der Waals surface area contributed by atoms with Gasteiger partial charge >= 0.3 is 0 Å². The average Bonchev–Trinajstić information content (AvgIpc) is 3.06. The van der Waals surface area contributed by atoms with Gasteiger partial charge in [0.1, 0.15) is 11.4 Å². The van der Waals surface area contributed by atoms with Crippen molar-refractivity contribution in [3.8, 4) is 28.8 Å². The molecule has 2 heterocycles. The van der Waals surface area contributed by atoms with Crippen LogP contribution in [-0.2, 0) is 0 Å². The molecule has 0 aliphatic heterocycles. The van der Waals surface area contributed by atoms with Crippen molar-refractivity contribution >= 4 is 18.4 Å². The first-order valence-electron chi connectivity index (χ1n) is 7.61. The number of hydrogen-bond acceptors (Lipinski definition) is 7. The Morgan fingerprint density at radius 1 is 1.08 bits per heavy atom. The lowest BCUT2D eigenvalue weighted by atomic mass is 10.2. The van der Waals surface area contributed by atoms with Crippen molar-refractivity contribution in [1.82, 2.24) is 19.9 Å². The van der Waals surface area contributed by atoms with Crippen LogP contribution in [0.1, 0.15) is 5.56 Å². The van der Waals surface area contributed by atoms with E-state index in [0.29, 0.717) is 39.1 Å². The first kappa shape index (κ1) is 17.6. The molecular formula is C17H17N5O3S. The minimum absolute atomic E-state index is 0.348. The molecule has 0 amide bonds. The predicted molar refractivity (Wildman–Crippen MR) is 99.7 cm³/mol. The summed E-state index contributed by atoms with van der Waals surface area (Å²) in [5.74, 6) is 2.22. The predicted octanol–water partition coefficient (Wildman–Crippen LogP) is 2.91. The minimum atomic E-state index is 0.348. The summed E-state index contributed by atoms with van der Waals surface area (Å²) in [5, 5.41) is 11.4. The zero-order chi connectivity index (χ0) is 18.5. The highest BCUT2D eigenvalue weighted by Gasteiger charge is 2.12. The van der Waals surface area contributed by atoms with Crippen molar-refractivity contribution in [3.05, 3.63) is 46.9 Å². The van der Waals surface area contributed by atoms with Gasteiger partial charge in [0.05, 0.1) is 27.5 Å². The van der Waals surface area contributed by atoms with Gasteiger partial charge in [-0.25, -0.2) is 5.10 Å². The molecule has 134 valence electrons. The molecule has 26 heavy (non-hydrogen) atoms. The molecule has 0 saturated heterocycles. The van der Waals surface area contributed by atoms with E-state index in [1.807, 2.05) is 18.2 Å². The number of nitrogens with one attached hydrogen (secondary N) is 1. The number of benzene rings is 1. The summed E-state index contributed by atoms with van der Waals surface area (Å²) in [6.45, 7) is 0. The molecular weight excluding hydrogens is 354 g/mol. The smallest absolute Gasteiger partial charge is 0.216 e. The lowest BCUT2D eigenvalue weighted by Crippen LogP contribution is -1.99. The van der Waals surface area contributed by atoms with Crippen LogP contribution in [0.4, 0.5) is 0 Å². The van der Waals surface area contributed by atoms with Gasteiger partial charge < -0.3 is 14.2 Å². The lowest BCUT2D eigenvalue weighted by molar-refractivity contribution is 0.349. The van der Waals surface area contributed by atoms with Gasteiger partial charge in [-0.2, -0.15) is 14.9 Å². The van der Waals surface area contributed by atoms with Crippen LogP contribution in [0.15, 0.2) is 41.6 Å². The van der Waals surface area contributed by atoms with E-state index < -0.39 is 0 Å². The first-order chi connectivity index (χ1) is 12.7. The molecule has 0 bridgehead atoms. The van der Waals surface area contributed by atoms with Crippen molar-refractivity contribution in [3.63, 3.8) is 0 Å². The monoisotopic (exact) mass is 371 g/mol. The van der Waals surface area contributed by atoms with Crippen molar-refractivity contribution in [2.24, 2.45) is 5.10 Å². The highest BCUT2D eigenvalue weighted by atomic mass is 32.1. The number of aromatic nitrogens is 4. The second kappa shape index (κ2) is 7.79. The van der Waals surface area contributed by atoms with Gasteiger partial charge in [0, 0.05) is 17.8 Å². The van der Waals surface area contributed by atoms with E-state index in [-0.39, 0.29) is 0 Å². The molecule has 0 saturated carbocycles. The summed E-state index contributed by atoms with van der Waals surface area (Å²) in [6, 6.07) is 9.02. The fourth-order valence-corrected chi connectivity index (χ4v) is 2.51. The molecule has 1 N–H and O–H groups in total. The third-order valence-electron chi connectivity index (χ3n) is 3.59. The number of aromatic amines is 1. The Hall–Kier alpha value is -3.20. The number of H-pyrrole nitrogens is 1. The Bertz CT molecular complexity index is 982. The third-order valence-corrected chi connectivity index (χ3v) is 3.86. The molecule has 0 spiro atoms. The van der Waals surface area contributed by atoms with Gasteiger partial charge in [0.15, 0.2) is 11.5 Å². The molecule has 0 aliphatic carbocycles. The average molecular weight is 371 g/mol. The van der Waals surface area contributed by atoms with Crippen LogP contribution < -0.4 is 14.2 Å². The topological polar surface area (TPSA) is 86.5 Å². The molecule has 0 atom stereocenters. The van der Waals surface area contributed by atoms with Gasteiger partial charge in [0.2, 0.25) is 10.6 Å². The molecule has 0 unspecified atom stereocenters. The highest BCUT2D eigenvalue weighted by Crippen LogP contribution is 2.33. The second-order valence-corrected chi connectivity index (χ2v) is 5.46. The Balaban J connectivity index is 2.04. The summed E-state index contributed by atoms with van der Waals surface area (Å²) in [7, 11) is 4.70. The maximum atomic E-state index is 5.40. The Labute approximate surface area is 155 Å². The Kier molecular flexibility index (Phi) is 5.28. The fraction of sp³-hybridized carbons (Fsp3) is 0.176. The van der Waals surface area contributed by atoms with Gasteiger partial charge in [-0.1, -0.05) is 6.07 Å². The molecule has 9 heteroatoms. The van der Waals surface area contributed by atoms with E-state index >= 15 is 0 Å². The molecule has 2 aromatic heterocycles. The van der Waals surface area contributed by atoms with Crippen LogP contribution in [0.2, 0.25) is 0 Å². The van der Waals surface area contributed by atoms with Crippen LogP contribution in [-0.4, -0.2) is 47.4 Å². The van der Waals surface area contributed by atoms with Crippen molar-refractivity contribution in [1.29, 1.82) is 0 Å². The number of pyridine rings is 1. The summed E-state index contributed by atoms with van der Waals surface area (Å²) >= 11 is 5.27. The largest absolute Gasteiger partial charge is 0.496 e.